The molecule has 174 valence electrons. The van der Waals surface area contributed by atoms with Gasteiger partial charge in [-0.25, -0.2) is 4.79 Å². The lowest BCUT2D eigenvalue weighted by atomic mass is 9.46. The summed E-state index contributed by atoms with van der Waals surface area (Å²) >= 11 is 0. The third kappa shape index (κ3) is 2.62. The molecule has 1 aliphatic heterocycles. The minimum atomic E-state index is -1.58. The van der Waals surface area contributed by atoms with Crippen LogP contribution in [0.4, 0.5) is 0 Å². The molecular weight excluding hydrogens is 412 g/mol. The maximum Gasteiger partial charge on any atom is 0.375 e. The highest BCUT2D eigenvalue weighted by molar-refractivity contribution is 6.36. The molecule has 32 heavy (non-hydrogen) atoms. The van der Waals surface area contributed by atoms with E-state index >= 15 is 0 Å². The number of carboxylic acids is 1. The van der Waals surface area contributed by atoms with Crippen molar-refractivity contribution in [2.24, 2.45) is 28.6 Å². The van der Waals surface area contributed by atoms with Gasteiger partial charge in [0.25, 0.3) is 5.78 Å². The highest BCUT2D eigenvalue weighted by atomic mass is 16.7. The van der Waals surface area contributed by atoms with Crippen LogP contribution in [0.25, 0.3) is 0 Å². The quantitative estimate of drug-likeness (QED) is 0.642. The largest absolute Gasteiger partial charge is 0.475 e. The first-order valence-electron chi connectivity index (χ1n) is 11.8. The van der Waals surface area contributed by atoms with Gasteiger partial charge in [-0.1, -0.05) is 38.8 Å². The van der Waals surface area contributed by atoms with Gasteiger partial charge in [0, 0.05) is 16.7 Å². The van der Waals surface area contributed by atoms with E-state index in [1.807, 2.05) is 19.9 Å². The summed E-state index contributed by atoms with van der Waals surface area (Å²) in [6, 6.07) is 0. The van der Waals surface area contributed by atoms with Gasteiger partial charge in [0.15, 0.2) is 17.7 Å². The molecule has 0 bridgehead atoms. The zero-order valence-corrected chi connectivity index (χ0v) is 18.9. The van der Waals surface area contributed by atoms with Crippen LogP contribution < -0.4 is 0 Å². The molecule has 2 N–H and O–H groups in total. The standard InChI is InChI=1S/C25H32O7/c1-4-5-19-31-18-11-16-15-7-6-13-10-14(26)8-9-23(13,2)20(15)17(27)12-24(16,3)25(18,32-19)21(28)22(29)30/h8-10,15-20,27H,4-7,11-12H2,1-3H3,(H,29,30)/t15?,16-,17-,18+,19?,20+,23-,24-,25-/m0/s1. The molecule has 7 nitrogen and oxygen atoms in total. The molecule has 4 aliphatic carbocycles. The molecule has 5 aliphatic rings. The van der Waals surface area contributed by atoms with Crippen LogP contribution in [0.1, 0.15) is 59.3 Å². The zero-order valence-electron chi connectivity index (χ0n) is 18.9. The van der Waals surface area contributed by atoms with Crippen molar-refractivity contribution in [3.8, 4) is 0 Å². The van der Waals surface area contributed by atoms with Gasteiger partial charge in [-0.15, -0.1) is 0 Å². The van der Waals surface area contributed by atoms with Gasteiger partial charge in [0.1, 0.15) is 0 Å². The number of ether oxygens (including phenoxy) is 2. The fourth-order valence-corrected chi connectivity index (χ4v) is 8.06. The van der Waals surface area contributed by atoms with Gasteiger partial charge in [-0.05, 0) is 56.1 Å². The third-order valence-electron chi connectivity index (χ3n) is 9.35. The van der Waals surface area contributed by atoms with Crippen molar-refractivity contribution < 1.29 is 34.1 Å². The van der Waals surface area contributed by atoms with Gasteiger partial charge in [0.2, 0.25) is 0 Å². The number of aliphatic carboxylic acids is 1. The van der Waals surface area contributed by atoms with Crippen LogP contribution in [0.5, 0.6) is 0 Å². The Bertz CT molecular complexity index is 937. The molecule has 1 saturated heterocycles. The molecule has 5 rings (SSSR count). The monoisotopic (exact) mass is 444 g/mol. The normalized spacial score (nSPS) is 49.0. The van der Waals surface area contributed by atoms with Crippen molar-refractivity contribution in [3.05, 3.63) is 23.8 Å². The Kier molecular flexibility index (Phi) is 4.87. The topological polar surface area (TPSA) is 110 Å². The average molecular weight is 445 g/mol. The lowest BCUT2D eigenvalue weighted by Gasteiger charge is -2.59. The second-order valence-corrected chi connectivity index (χ2v) is 10.8. The Morgan fingerprint density at radius 1 is 1.28 bits per heavy atom. The fourth-order valence-electron chi connectivity index (χ4n) is 8.06. The first kappa shape index (κ1) is 22.0. The zero-order chi connectivity index (χ0) is 23.1. The summed E-state index contributed by atoms with van der Waals surface area (Å²) in [6.07, 6.45) is 6.97. The molecule has 3 saturated carbocycles. The molecule has 7 heteroatoms. The number of carboxylic acid groups (broad SMARTS) is 1. The molecule has 0 aromatic carbocycles. The molecule has 0 aromatic heterocycles. The van der Waals surface area contributed by atoms with Crippen LogP contribution in [0, 0.1) is 28.6 Å². The summed E-state index contributed by atoms with van der Waals surface area (Å²) in [5, 5.41) is 21.2. The minimum absolute atomic E-state index is 0.0174. The van der Waals surface area contributed by atoms with Crippen LogP contribution in [0.2, 0.25) is 0 Å². The van der Waals surface area contributed by atoms with Crippen molar-refractivity contribution in [2.75, 3.05) is 0 Å². The van der Waals surface area contributed by atoms with Crippen LogP contribution in [0.3, 0.4) is 0 Å². The second kappa shape index (κ2) is 7.08. The molecule has 9 atom stereocenters. The van der Waals surface area contributed by atoms with E-state index in [4.69, 9.17) is 9.47 Å². The van der Waals surface area contributed by atoms with E-state index in [0.717, 1.165) is 24.8 Å². The first-order chi connectivity index (χ1) is 15.1. The number of hydrogen-bond donors (Lipinski definition) is 2. The molecule has 0 amide bonds. The average Bonchev–Trinajstić information content (AvgIpc) is 3.20. The number of allylic oxidation sites excluding steroid dienone is 4. The second-order valence-electron chi connectivity index (χ2n) is 10.8. The first-order valence-corrected chi connectivity index (χ1v) is 11.8. The maximum atomic E-state index is 13.2. The van der Waals surface area contributed by atoms with Gasteiger partial charge < -0.3 is 19.7 Å². The van der Waals surface area contributed by atoms with Gasteiger partial charge in [-0.3, -0.25) is 9.59 Å². The van der Waals surface area contributed by atoms with Crippen molar-refractivity contribution in [2.45, 2.75) is 83.4 Å². The van der Waals surface area contributed by atoms with E-state index < -0.39 is 46.7 Å². The molecule has 0 spiro atoms. The molecule has 0 radical (unpaired) electrons. The number of fused-ring (bicyclic) bond motifs is 7. The van der Waals surface area contributed by atoms with Crippen LogP contribution in [0.15, 0.2) is 23.8 Å². The highest BCUT2D eigenvalue weighted by Gasteiger charge is 2.76. The fraction of sp³-hybridized carbons (Fsp3) is 0.720. The number of carbonyl (C=O) groups excluding carboxylic acids is 2. The van der Waals surface area contributed by atoms with Crippen molar-refractivity contribution in [1.29, 1.82) is 0 Å². The number of ketones is 2. The van der Waals surface area contributed by atoms with E-state index in [2.05, 4.69) is 6.92 Å². The molecule has 2 unspecified atom stereocenters. The van der Waals surface area contributed by atoms with E-state index in [1.54, 1.807) is 12.2 Å². The van der Waals surface area contributed by atoms with Crippen molar-refractivity contribution in [3.63, 3.8) is 0 Å². The van der Waals surface area contributed by atoms with Gasteiger partial charge >= 0.3 is 5.97 Å². The summed E-state index contributed by atoms with van der Waals surface area (Å²) in [4.78, 5) is 37.1. The minimum Gasteiger partial charge on any atom is -0.475 e. The molecule has 0 aromatic rings. The Morgan fingerprint density at radius 3 is 2.72 bits per heavy atom. The number of aliphatic hydroxyl groups excluding tert-OH is 1. The summed E-state index contributed by atoms with van der Waals surface area (Å²) in [7, 11) is 0. The summed E-state index contributed by atoms with van der Waals surface area (Å²) in [6.45, 7) is 5.99. The van der Waals surface area contributed by atoms with Crippen LogP contribution in [-0.2, 0) is 23.9 Å². The Labute approximate surface area is 187 Å². The predicted molar refractivity (Wildman–Crippen MR) is 113 cm³/mol. The van der Waals surface area contributed by atoms with Crippen LogP contribution in [-0.4, -0.2) is 51.8 Å². The molecular formula is C25H32O7. The predicted octanol–water partition coefficient (Wildman–Crippen LogP) is 2.81. The Hall–Kier alpha value is -1.83. The number of hydrogen-bond acceptors (Lipinski definition) is 6. The molecule has 4 fully saturated rings. The van der Waals surface area contributed by atoms with Crippen LogP contribution >= 0.6 is 0 Å². The number of aliphatic hydroxyl groups is 1. The number of rotatable bonds is 4. The lowest BCUT2D eigenvalue weighted by molar-refractivity contribution is -0.201. The van der Waals surface area contributed by atoms with E-state index in [0.29, 0.717) is 12.8 Å². The lowest BCUT2D eigenvalue weighted by Crippen LogP contribution is -2.64. The summed E-state index contributed by atoms with van der Waals surface area (Å²) in [5.41, 5.74) is -1.79. The van der Waals surface area contributed by atoms with Gasteiger partial charge in [0.05, 0.1) is 12.2 Å². The summed E-state index contributed by atoms with van der Waals surface area (Å²) < 4.78 is 12.4. The summed E-state index contributed by atoms with van der Waals surface area (Å²) in [5.74, 6) is -2.53. The highest BCUT2D eigenvalue weighted by Crippen LogP contribution is 2.69. The van der Waals surface area contributed by atoms with Crippen molar-refractivity contribution in [1.82, 2.24) is 0 Å². The van der Waals surface area contributed by atoms with E-state index in [1.165, 1.54) is 0 Å². The third-order valence-corrected chi connectivity index (χ3v) is 9.35. The Morgan fingerprint density at radius 2 is 2.03 bits per heavy atom. The molecule has 1 heterocycles. The maximum absolute atomic E-state index is 13.2. The number of carbonyl (C=O) groups is 3. The van der Waals surface area contributed by atoms with E-state index in [-0.39, 0.29) is 30.0 Å². The Balaban J connectivity index is 1.57. The van der Waals surface area contributed by atoms with Crippen molar-refractivity contribution >= 4 is 17.5 Å². The smallest absolute Gasteiger partial charge is 0.375 e. The van der Waals surface area contributed by atoms with E-state index in [9.17, 15) is 24.6 Å². The van der Waals surface area contributed by atoms with Gasteiger partial charge in [-0.2, -0.15) is 0 Å². The SMILES string of the molecule is CCCC1O[C@@H]2C[C@H]3C4CCC5=CC(=O)C=C[C@]5(C)[C@H]4[C@@H](O)C[C@]3(C)[C@]2(C(=O)C(=O)O)O1. The number of Topliss-reactive ketones (excluding diaryl/α,β-unsaturated/α-hetero) is 1.